The van der Waals surface area contributed by atoms with E-state index in [1.165, 1.54) is 22.7 Å². The van der Waals surface area contributed by atoms with Gasteiger partial charge in [-0.15, -0.1) is 11.8 Å². The van der Waals surface area contributed by atoms with Crippen LogP contribution in [0.3, 0.4) is 0 Å². The summed E-state index contributed by atoms with van der Waals surface area (Å²) in [6.45, 7) is 4.25. The smallest absolute Gasteiger partial charge is 0.242 e. The van der Waals surface area contributed by atoms with E-state index in [9.17, 15) is 14.0 Å². The maximum Gasteiger partial charge on any atom is 0.242 e. The first-order valence-electron chi connectivity index (χ1n) is 9.55. The molecule has 29 heavy (non-hydrogen) atoms. The van der Waals surface area contributed by atoms with Crippen molar-refractivity contribution in [1.29, 1.82) is 0 Å². The first-order chi connectivity index (χ1) is 13.9. The van der Waals surface area contributed by atoms with Crippen LogP contribution in [-0.2, 0) is 21.9 Å². The number of nitrogens with one attached hydrogen (secondary N) is 1. The molecule has 1 N–H and O–H groups in total. The van der Waals surface area contributed by atoms with E-state index in [4.69, 9.17) is 0 Å². The average Bonchev–Trinajstić information content (AvgIpc) is 2.72. The second-order valence-corrected chi connectivity index (χ2v) is 8.60. The number of benzene rings is 2. The molecular formula is C22H26BrFN2O2S. The average molecular weight is 481 g/mol. The Kier molecular flexibility index (Phi) is 9.67. The zero-order valence-electron chi connectivity index (χ0n) is 16.7. The van der Waals surface area contributed by atoms with E-state index in [2.05, 4.69) is 21.2 Å². The number of hydrogen-bond donors (Lipinski definition) is 1. The Morgan fingerprint density at radius 3 is 2.52 bits per heavy atom. The fourth-order valence-corrected chi connectivity index (χ4v) is 3.84. The molecule has 0 bridgehead atoms. The lowest BCUT2D eigenvalue weighted by molar-refractivity contribution is -0.138. The molecule has 2 aromatic carbocycles. The van der Waals surface area contributed by atoms with Crippen LogP contribution in [0.25, 0.3) is 0 Å². The second kappa shape index (κ2) is 12.0. The molecular weight excluding hydrogens is 455 g/mol. The molecule has 2 rings (SSSR count). The summed E-state index contributed by atoms with van der Waals surface area (Å²) in [6, 6.07) is 13.6. The molecule has 7 heteroatoms. The van der Waals surface area contributed by atoms with Crippen molar-refractivity contribution in [2.24, 2.45) is 0 Å². The predicted molar refractivity (Wildman–Crippen MR) is 120 cm³/mol. The van der Waals surface area contributed by atoms with Crippen molar-refractivity contribution in [3.63, 3.8) is 0 Å². The van der Waals surface area contributed by atoms with Gasteiger partial charge >= 0.3 is 0 Å². The van der Waals surface area contributed by atoms with Crippen LogP contribution >= 0.6 is 27.7 Å². The Morgan fingerprint density at radius 2 is 1.86 bits per heavy atom. The number of halogens is 2. The highest BCUT2D eigenvalue weighted by molar-refractivity contribution is 9.10. The van der Waals surface area contributed by atoms with Crippen molar-refractivity contribution in [3.05, 3.63) is 69.9 Å². The summed E-state index contributed by atoms with van der Waals surface area (Å²) in [5.41, 5.74) is 1.51. The van der Waals surface area contributed by atoms with Gasteiger partial charge in [0.05, 0.1) is 5.75 Å². The van der Waals surface area contributed by atoms with E-state index >= 15 is 0 Å². The zero-order chi connectivity index (χ0) is 21.2. The molecule has 0 aromatic heterocycles. The van der Waals surface area contributed by atoms with Gasteiger partial charge in [-0.25, -0.2) is 4.39 Å². The quantitative estimate of drug-likeness (QED) is 0.532. The largest absolute Gasteiger partial charge is 0.354 e. The van der Waals surface area contributed by atoms with Crippen LogP contribution in [0.1, 0.15) is 31.4 Å². The first-order valence-corrected chi connectivity index (χ1v) is 11.5. The van der Waals surface area contributed by atoms with Crippen LogP contribution in [0.4, 0.5) is 4.39 Å². The van der Waals surface area contributed by atoms with Crippen LogP contribution < -0.4 is 5.32 Å². The van der Waals surface area contributed by atoms with Gasteiger partial charge in [0, 0.05) is 28.9 Å². The normalized spacial score (nSPS) is 11.7. The maximum atomic E-state index is 14.1. The van der Waals surface area contributed by atoms with Gasteiger partial charge in [0.15, 0.2) is 0 Å². The Morgan fingerprint density at radius 1 is 1.17 bits per heavy atom. The molecule has 0 aliphatic carbocycles. The van der Waals surface area contributed by atoms with Gasteiger partial charge in [0.2, 0.25) is 11.8 Å². The molecule has 0 heterocycles. The highest BCUT2D eigenvalue weighted by atomic mass is 79.9. The Hall–Kier alpha value is -1.86. The van der Waals surface area contributed by atoms with Crippen molar-refractivity contribution < 1.29 is 14.0 Å². The van der Waals surface area contributed by atoms with Crippen molar-refractivity contribution in [1.82, 2.24) is 10.2 Å². The molecule has 0 unspecified atom stereocenters. The molecule has 0 saturated carbocycles. The van der Waals surface area contributed by atoms with Crippen molar-refractivity contribution in [3.8, 4) is 0 Å². The number of rotatable bonds is 10. The number of carbonyl (C=O) groups excluding carboxylic acids is 2. The van der Waals surface area contributed by atoms with E-state index in [-0.39, 0.29) is 29.9 Å². The molecule has 0 aliphatic heterocycles. The fraction of sp³-hybridized carbons (Fsp3) is 0.364. The minimum Gasteiger partial charge on any atom is -0.354 e. The minimum atomic E-state index is -0.679. The Bertz CT molecular complexity index is 817. The summed E-state index contributed by atoms with van der Waals surface area (Å²) in [6.07, 6.45) is 0.808. The van der Waals surface area contributed by atoms with Gasteiger partial charge in [-0.1, -0.05) is 53.2 Å². The molecule has 0 saturated heterocycles. The SMILES string of the molecule is CCCNC(=O)[C@@H](C)N(Cc1ccccc1F)C(=O)CSCc1ccc(Br)cc1. The van der Waals surface area contributed by atoms with Crippen molar-refractivity contribution in [2.75, 3.05) is 12.3 Å². The lowest BCUT2D eigenvalue weighted by atomic mass is 10.1. The number of amides is 2. The molecule has 0 fully saturated rings. The number of carbonyl (C=O) groups is 2. The summed E-state index contributed by atoms with van der Waals surface area (Å²) in [4.78, 5) is 26.8. The monoisotopic (exact) mass is 480 g/mol. The van der Waals surface area contributed by atoms with Gasteiger partial charge in [0.25, 0.3) is 0 Å². The number of hydrogen-bond acceptors (Lipinski definition) is 3. The van der Waals surface area contributed by atoms with Crippen LogP contribution in [0.15, 0.2) is 53.0 Å². The molecule has 156 valence electrons. The van der Waals surface area contributed by atoms with Gasteiger partial charge in [-0.3, -0.25) is 9.59 Å². The van der Waals surface area contributed by atoms with Gasteiger partial charge in [-0.05, 0) is 37.1 Å². The molecule has 0 spiro atoms. The van der Waals surface area contributed by atoms with Crippen LogP contribution in [0.2, 0.25) is 0 Å². The lowest BCUT2D eigenvalue weighted by Crippen LogP contribution is -2.48. The number of nitrogens with zero attached hydrogens (tertiary/aromatic N) is 1. The topological polar surface area (TPSA) is 49.4 Å². The van der Waals surface area contributed by atoms with E-state index in [0.29, 0.717) is 17.9 Å². The van der Waals surface area contributed by atoms with Crippen LogP contribution in [0.5, 0.6) is 0 Å². The first kappa shape index (κ1) is 23.4. The third-order valence-electron chi connectivity index (χ3n) is 4.42. The standard InChI is InChI=1S/C22H26BrFN2O2S/c1-3-12-25-22(28)16(2)26(13-18-6-4-5-7-20(18)24)21(27)15-29-14-17-8-10-19(23)11-9-17/h4-11,16H,3,12-15H2,1-2H3,(H,25,28)/t16-/m1/s1. The Labute approximate surface area is 184 Å². The zero-order valence-corrected chi connectivity index (χ0v) is 19.1. The second-order valence-electron chi connectivity index (χ2n) is 6.70. The van der Waals surface area contributed by atoms with Crippen molar-refractivity contribution >= 4 is 39.5 Å². The molecule has 0 radical (unpaired) electrons. The summed E-state index contributed by atoms with van der Waals surface area (Å²) in [7, 11) is 0. The molecule has 4 nitrogen and oxygen atoms in total. The van der Waals surface area contributed by atoms with E-state index in [1.54, 1.807) is 25.1 Å². The predicted octanol–water partition coefficient (Wildman–Crippen LogP) is 4.76. The summed E-state index contributed by atoms with van der Waals surface area (Å²) >= 11 is 4.88. The number of thioether (sulfide) groups is 1. The van der Waals surface area contributed by atoms with Gasteiger partial charge < -0.3 is 10.2 Å². The fourth-order valence-electron chi connectivity index (χ4n) is 2.71. The highest BCUT2D eigenvalue weighted by Crippen LogP contribution is 2.18. The van der Waals surface area contributed by atoms with E-state index in [1.807, 2.05) is 31.2 Å². The molecule has 1 atom stereocenters. The van der Waals surface area contributed by atoms with Crippen LogP contribution in [-0.4, -0.2) is 35.1 Å². The third kappa shape index (κ3) is 7.48. The third-order valence-corrected chi connectivity index (χ3v) is 5.94. The maximum absolute atomic E-state index is 14.1. The Balaban J connectivity index is 2.05. The van der Waals surface area contributed by atoms with Crippen LogP contribution in [0, 0.1) is 5.82 Å². The molecule has 2 aromatic rings. The lowest BCUT2D eigenvalue weighted by Gasteiger charge is -2.29. The summed E-state index contributed by atoms with van der Waals surface area (Å²) < 4.78 is 15.1. The van der Waals surface area contributed by atoms with Gasteiger partial charge in [0.1, 0.15) is 11.9 Å². The van der Waals surface area contributed by atoms with Crippen molar-refractivity contribution in [2.45, 2.75) is 38.6 Å². The van der Waals surface area contributed by atoms with E-state index in [0.717, 1.165) is 16.5 Å². The summed E-state index contributed by atoms with van der Waals surface area (Å²) in [5.74, 6) is 0.108. The molecule has 0 aliphatic rings. The molecule has 2 amide bonds. The van der Waals surface area contributed by atoms with E-state index < -0.39 is 6.04 Å². The summed E-state index contributed by atoms with van der Waals surface area (Å²) in [5, 5.41) is 2.82. The highest BCUT2D eigenvalue weighted by Gasteiger charge is 2.26. The van der Waals surface area contributed by atoms with Gasteiger partial charge in [-0.2, -0.15) is 0 Å². The minimum absolute atomic E-state index is 0.0606.